The van der Waals surface area contributed by atoms with E-state index in [1.807, 2.05) is 26.1 Å². The Morgan fingerprint density at radius 2 is 2.04 bits per heavy atom. The van der Waals surface area contributed by atoms with Crippen LogP contribution in [0.4, 0.5) is 13.2 Å². The number of benzene rings is 1. The molecule has 1 aromatic rings. The van der Waals surface area contributed by atoms with Crippen molar-refractivity contribution < 1.29 is 13.2 Å². The Morgan fingerprint density at radius 1 is 1.33 bits per heavy atom. The first-order valence-corrected chi connectivity index (χ1v) is 9.11. The van der Waals surface area contributed by atoms with E-state index in [1.165, 1.54) is 16.0 Å². The molecule has 0 saturated carbocycles. The number of hydrogen-bond donors (Lipinski definition) is 1. The highest BCUT2D eigenvalue weighted by atomic mass is 127. The van der Waals surface area contributed by atoms with Crippen molar-refractivity contribution in [3.05, 3.63) is 35.4 Å². The van der Waals surface area contributed by atoms with Crippen LogP contribution in [0.3, 0.4) is 0 Å². The predicted octanol–water partition coefficient (Wildman–Crippen LogP) is 3.89. The second-order valence-electron chi connectivity index (χ2n) is 6.98. The lowest BCUT2D eigenvalue weighted by molar-refractivity contribution is -0.143. The smallest absolute Gasteiger partial charge is 0.357 e. The summed E-state index contributed by atoms with van der Waals surface area (Å²) in [4.78, 5) is 8.22. The minimum absolute atomic E-state index is 0. The molecule has 0 aromatic heterocycles. The summed E-state index contributed by atoms with van der Waals surface area (Å²) in [5.41, 5.74) is 2.46. The molecule has 1 aliphatic heterocycles. The Bertz CT molecular complexity index is 607. The van der Waals surface area contributed by atoms with Crippen LogP contribution in [-0.4, -0.2) is 61.7 Å². The van der Waals surface area contributed by atoms with Gasteiger partial charge in [0.1, 0.15) is 0 Å². The summed E-state index contributed by atoms with van der Waals surface area (Å²) in [7, 11) is 1.98. The van der Waals surface area contributed by atoms with Gasteiger partial charge in [0.05, 0.1) is 6.54 Å². The number of alkyl halides is 3. The number of aryl methyl sites for hydroxylation is 1. The Labute approximate surface area is 177 Å². The average Bonchev–Trinajstić information content (AvgIpc) is 2.99. The number of nitrogens with zero attached hydrogens (tertiary/aromatic N) is 3. The van der Waals surface area contributed by atoms with Crippen molar-refractivity contribution in [2.45, 2.75) is 33.0 Å². The highest BCUT2D eigenvalue weighted by molar-refractivity contribution is 14.0. The van der Waals surface area contributed by atoms with Gasteiger partial charge in [0.15, 0.2) is 5.96 Å². The number of guanidine groups is 1. The molecule has 4 nitrogen and oxygen atoms in total. The molecule has 1 heterocycles. The molecule has 1 unspecified atom stereocenters. The molecule has 1 aromatic carbocycles. The molecule has 1 N–H and O–H groups in total. The van der Waals surface area contributed by atoms with Crippen molar-refractivity contribution in [1.82, 2.24) is 15.1 Å². The van der Waals surface area contributed by atoms with Crippen LogP contribution in [-0.2, 0) is 6.54 Å². The molecule has 0 bridgehead atoms. The maximum Gasteiger partial charge on any atom is 0.401 e. The first-order chi connectivity index (χ1) is 12.3. The Morgan fingerprint density at radius 3 is 2.67 bits per heavy atom. The van der Waals surface area contributed by atoms with E-state index in [-0.39, 0.29) is 29.9 Å². The van der Waals surface area contributed by atoms with Crippen molar-refractivity contribution in [2.24, 2.45) is 10.9 Å². The Hall–Kier alpha value is -1.03. The average molecular weight is 498 g/mol. The van der Waals surface area contributed by atoms with Gasteiger partial charge in [-0.3, -0.25) is 9.89 Å². The number of nitrogens with one attached hydrogen (secondary N) is 1. The number of halogens is 4. The van der Waals surface area contributed by atoms with Crippen LogP contribution in [0.2, 0.25) is 0 Å². The zero-order valence-electron chi connectivity index (χ0n) is 16.2. The van der Waals surface area contributed by atoms with Crippen LogP contribution < -0.4 is 5.32 Å². The summed E-state index contributed by atoms with van der Waals surface area (Å²) >= 11 is 0. The lowest BCUT2D eigenvalue weighted by Crippen LogP contribution is -2.39. The van der Waals surface area contributed by atoms with Crippen molar-refractivity contribution >= 4 is 29.9 Å². The number of aliphatic imine (C=N–C) groups is 1. The summed E-state index contributed by atoms with van der Waals surface area (Å²) in [6.45, 7) is 6.28. The maximum atomic E-state index is 12.5. The maximum absolute atomic E-state index is 12.5. The summed E-state index contributed by atoms with van der Waals surface area (Å²) in [5.74, 6) is 0.975. The van der Waals surface area contributed by atoms with Crippen LogP contribution in [0.1, 0.15) is 24.5 Å². The minimum Gasteiger partial charge on any atom is -0.357 e. The Balaban J connectivity index is 0.00000364. The molecule has 27 heavy (non-hydrogen) atoms. The number of likely N-dealkylation sites (tertiary alicyclic amines) is 1. The minimum atomic E-state index is -4.12. The third-order valence-corrected chi connectivity index (χ3v) is 4.64. The highest BCUT2D eigenvalue weighted by Gasteiger charge is 2.34. The molecule has 1 aliphatic rings. The van der Waals surface area contributed by atoms with Gasteiger partial charge < -0.3 is 10.2 Å². The summed E-state index contributed by atoms with van der Waals surface area (Å²) in [6.07, 6.45) is -3.36. The molecule has 8 heteroatoms. The largest absolute Gasteiger partial charge is 0.401 e. The van der Waals surface area contributed by atoms with E-state index in [2.05, 4.69) is 34.3 Å². The zero-order valence-corrected chi connectivity index (χ0v) is 18.6. The first kappa shape index (κ1) is 24.0. The van der Waals surface area contributed by atoms with Gasteiger partial charge in [-0.15, -0.1) is 24.0 Å². The lowest BCUT2D eigenvalue weighted by Gasteiger charge is -2.23. The summed E-state index contributed by atoms with van der Waals surface area (Å²) in [6, 6.07) is 8.22. The fraction of sp³-hybridized carbons (Fsp3) is 0.632. The topological polar surface area (TPSA) is 30.9 Å². The number of hydrogen-bond acceptors (Lipinski definition) is 2. The standard InChI is InChI=1S/C19H29F3N4.HI/c1-4-23-18(25(3)13-17-8-6-5-7-15(17)2)24-11-16-9-10-26(12-16)14-19(20,21)22;/h5-8,16H,4,9-14H2,1-3H3,(H,23,24);1H. The van der Waals surface area contributed by atoms with Gasteiger partial charge in [-0.2, -0.15) is 13.2 Å². The fourth-order valence-electron chi connectivity index (χ4n) is 3.26. The van der Waals surface area contributed by atoms with Gasteiger partial charge in [0.25, 0.3) is 0 Å². The summed E-state index contributed by atoms with van der Waals surface area (Å²) < 4.78 is 37.5. The lowest BCUT2D eigenvalue weighted by atomic mass is 10.1. The second-order valence-corrected chi connectivity index (χ2v) is 6.98. The molecule has 154 valence electrons. The van der Waals surface area contributed by atoms with Gasteiger partial charge in [0, 0.05) is 33.2 Å². The number of rotatable bonds is 6. The normalized spacial score (nSPS) is 18.3. The first-order valence-electron chi connectivity index (χ1n) is 9.11. The van der Waals surface area contributed by atoms with Gasteiger partial charge in [-0.25, -0.2) is 0 Å². The quantitative estimate of drug-likeness (QED) is 0.367. The Kier molecular flexibility index (Phi) is 9.86. The third-order valence-electron chi connectivity index (χ3n) is 4.64. The van der Waals surface area contributed by atoms with Crippen LogP contribution in [0, 0.1) is 12.8 Å². The zero-order chi connectivity index (χ0) is 19.2. The van der Waals surface area contributed by atoms with E-state index in [1.54, 1.807) is 0 Å². The molecule has 1 atom stereocenters. The highest BCUT2D eigenvalue weighted by Crippen LogP contribution is 2.23. The molecule has 0 aliphatic carbocycles. The summed E-state index contributed by atoms with van der Waals surface area (Å²) in [5, 5.41) is 3.28. The van der Waals surface area contributed by atoms with E-state index in [4.69, 9.17) is 0 Å². The van der Waals surface area contributed by atoms with E-state index in [9.17, 15) is 13.2 Å². The molecule has 1 saturated heterocycles. The molecule has 0 amide bonds. The molecule has 0 spiro atoms. The van der Waals surface area contributed by atoms with Crippen LogP contribution >= 0.6 is 24.0 Å². The van der Waals surface area contributed by atoms with Crippen molar-refractivity contribution in [3.63, 3.8) is 0 Å². The molecule has 0 radical (unpaired) electrons. The van der Waals surface area contributed by atoms with E-state index < -0.39 is 12.7 Å². The molecular formula is C19H30F3IN4. The van der Waals surface area contributed by atoms with E-state index in [0.717, 1.165) is 25.5 Å². The molecule has 1 fully saturated rings. The van der Waals surface area contributed by atoms with Gasteiger partial charge >= 0.3 is 6.18 Å². The fourth-order valence-corrected chi connectivity index (χ4v) is 3.26. The van der Waals surface area contributed by atoms with Crippen LogP contribution in [0.5, 0.6) is 0 Å². The van der Waals surface area contributed by atoms with E-state index in [0.29, 0.717) is 19.6 Å². The molecule has 2 rings (SSSR count). The SMILES string of the molecule is CCNC(=NCC1CCN(CC(F)(F)F)C1)N(C)Cc1ccccc1C.I. The molecular weight excluding hydrogens is 468 g/mol. The third kappa shape index (κ3) is 8.25. The van der Waals surface area contributed by atoms with Crippen molar-refractivity contribution in [3.8, 4) is 0 Å². The van der Waals surface area contributed by atoms with E-state index >= 15 is 0 Å². The monoisotopic (exact) mass is 498 g/mol. The second kappa shape index (κ2) is 11.1. The van der Waals surface area contributed by atoms with Crippen LogP contribution in [0.25, 0.3) is 0 Å². The van der Waals surface area contributed by atoms with Gasteiger partial charge in [-0.1, -0.05) is 24.3 Å². The van der Waals surface area contributed by atoms with Gasteiger partial charge in [-0.05, 0) is 43.9 Å². The van der Waals surface area contributed by atoms with Crippen molar-refractivity contribution in [2.75, 3.05) is 39.8 Å². The predicted molar refractivity (Wildman–Crippen MR) is 115 cm³/mol. The van der Waals surface area contributed by atoms with Crippen LogP contribution in [0.15, 0.2) is 29.3 Å². The van der Waals surface area contributed by atoms with Gasteiger partial charge in [0.2, 0.25) is 0 Å². The van der Waals surface area contributed by atoms with Crippen molar-refractivity contribution in [1.29, 1.82) is 0 Å².